The molecule has 0 fully saturated rings. The maximum absolute atomic E-state index is 12.7. The number of carbonyl (C=O) groups excluding carboxylic acids is 1. The van der Waals surface area contributed by atoms with Gasteiger partial charge in [-0.05, 0) is 51.0 Å². The highest BCUT2D eigenvalue weighted by atomic mass is 32.2. The molecule has 0 aromatic heterocycles. The summed E-state index contributed by atoms with van der Waals surface area (Å²) in [4.78, 5) is 12.6. The lowest BCUT2D eigenvalue weighted by Gasteiger charge is -2.16. The molecule has 2 aromatic rings. The summed E-state index contributed by atoms with van der Waals surface area (Å²) in [6, 6.07) is 12.3. The van der Waals surface area contributed by atoms with Gasteiger partial charge in [0.1, 0.15) is 5.25 Å². The van der Waals surface area contributed by atoms with Gasteiger partial charge in [0.25, 0.3) is 0 Å². The van der Waals surface area contributed by atoms with Crippen molar-refractivity contribution in [3.05, 3.63) is 59.2 Å². The van der Waals surface area contributed by atoms with Crippen LogP contribution in [0.3, 0.4) is 0 Å². The minimum Gasteiger partial charge on any atom is -0.325 e. The summed E-state index contributed by atoms with van der Waals surface area (Å²) < 4.78 is 25.3. The van der Waals surface area contributed by atoms with Crippen LogP contribution >= 0.6 is 0 Å². The molecule has 0 heterocycles. The Kier molecular flexibility index (Phi) is 4.90. The van der Waals surface area contributed by atoms with Gasteiger partial charge >= 0.3 is 0 Å². The van der Waals surface area contributed by atoms with Crippen molar-refractivity contribution in [3.8, 4) is 0 Å². The predicted octanol–water partition coefficient (Wildman–Crippen LogP) is 3.41. The van der Waals surface area contributed by atoms with Gasteiger partial charge in [0, 0.05) is 5.69 Å². The molecule has 5 heteroatoms. The standard InChI is InChI=1S/C18H21NO3S/c1-12-9-10-16(14(3)11-12)19-18(20)15(4)23(21,22)17-8-6-5-7-13(17)2/h5-11,15H,1-4H3,(H,19,20). The SMILES string of the molecule is Cc1ccc(NC(=O)C(C)S(=O)(=O)c2ccccc2C)c(C)c1. The van der Waals surface area contributed by atoms with Crippen molar-refractivity contribution in [1.29, 1.82) is 0 Å². The lowest BCUT2D eigenvalue weighted by atomic mass is 10.1. The third-order valence-electron chi connectivity index (χ3n) is 3.87. The second-order valence-electron chi connectivity index (χ2n) is 5.76. The van der Waals surface area contributed by atoms with Crippen molar-refractivity contribution in [1.82, 2.24) is 0 Å². The van der Waals surface area contributed by atoms with Gasteiger partial charge in [0.15, 0.2) is 9.84 Å². The fraction of sp³-hybridized carbons (Fsp3) is 0.278. The smallest absolute Gasteiger partial charge is 0.242 e. The quantitative estimate of drug-likeness (QED) is 0.934. The topological polar surface area (TPSA) is 63.2 Å². The molecule has 1 atom stereocenters. The Morgan fingerprint density at radius 3 is 2.26 bits per heavy atom. The van der Waals surface area contributed by atoms with Gasteiger partial charge in [-0.2, -0.15) is 0 Å². The Bertz CT molecular complexity index is 841. The number of nitrogens with one attached hydrogen (secondary N) is 1. The molecule has 122 valence electrons. The van der Waals surface area contributed by atoms with Crippen LogP contribution in [-0.4, -0.2) is 19.6 Å². The molecule has 0 aliphatic carbocycles. The van der Waals surface area contributed by atoms with Gasteiger partial charge in [0.2, 0.25) is 5.91 Å². The number of carbonyl (C=O) groups is 1. The zero-order chi connectivity index (χ0) is 17.2. The van der Waals surface area contributed by atoms with Crippen LogP contribution in [0.1, 0.15) is 23.6 Å². The molecular formula is C18H21NO3S. The van der Waals surface area contributed by atoms with E-state index in [4.69, 9.17) is 0 Å². The lowest BCUT2D eigenvalue weighted by Crippen LogP contribution is -2.33. The maximum Gasteiger partial charge on any atom is 0.242 e. The normalized spacial score (nSPS) is 12.7. The molecule has 0 bridgehead atoms. The zero-order valence-electron chi connectivity index (χ0n) is 13.8. The van der Waals surface area contributed by atoms with Crippen molar-refractivity contribution in [3.63, 3.8) is 0 Å². The van der Waals surface area contributed by atoms with E-state index < -0.39 is 21.0 Å². The van der Waals surface area contributed by atoms with Gasteiger partial charge in [-0.25, -0.2) is 8.42 Å². The van der Waals surface area contributed by atoms with Crippen LogP contribution in [-0.2, 0) is 14.6 Å². The average molecular weight is 331 g/mol. The van der Waals surface area contributed by atoms with Crippen molar-refractivity contribution in [2.45, 2.75) is 37.8 Å². The molecular weight excluding hydrogens is 310 g/mol. The zero-order valence-corrected chi connectivity index (χ0v) is 14.6. The molecule has 0 saturated carbocycles. The Balaban J connectivity index is 2.27. The molecule has 0 radical (unpaired) electrons. The Hall–Kier alpha value is -2.14. The van der Waals surface area contributed by atoms with E-state index >= 15 is 0 Å². The molecule has 0 aliphatic heterocycles. The fourth-order valence-electron chi connectivity index (χ4n) is 2.40. The van der Waals surface area contributed by atoms with E-state index in [1.54, 1.807) is 31.2 Å². The van der Waals surface area contributed by atoms with Gasteiger partial charge in [-0.3, -0.25) is 4.79 Å². The largest absolute Gasteiger partial charge is 0.325 e. The lowest BCUT2D eigenvalue weighted by molar-refractivity contribution is -0.115. The Morgan fingerprint density at radius 1 is 1.00 bits per heavy atom. The van der Waals surface area contributed by atoms with Crippen LogP contribution in [0.15, 0.2) is 47.4 Å². The molecule has 0 spiro atoms. The van der Waals surface area contributed by atoms with E-state index in [0.717, 1.165) is 11.1 Å². The van der Waals surface area contributed by atoms with Gasteiger partial charge in [-0.1, -0.05) is 35.9 Å². The summed E-state index contributed by atoms with van der Waals surface area (Å²) in [5, 5.41) is 1.55. The molecule has 1 amide bonds. The summed E-state index contributed by atoms with van der Waals surface area (Å²) in [6.45, 7) is 6.98. The molecule has 2 aromatic carbocycles. The highest BCUT2D eigenvalue weighted by Gasteiger charge is 2.31. The maximum atomic E-state index is 12.7. The summed E-state index contributed by atoms with van der Waals surface area (Å²) in [5.74, 6) is -0.528. The van der Waals surface area contributed by atoms with Gasteiger partial charge in [-0.15, -0.1) is 0 Å². The second kappa shape index (κ2) is 6.54. The first-order chi connectivity index (χ1) is 10.7. The molecule has 2 rings (SSSR count). The first kappa shape index (κ1) is 17.2. The summed E-state index contributed by atoms with van der Waals surface area (Å²) in [5.41, 5.74) is 3.26. The highest BCUT2D eigenvalue weighted by molar-refractivity contribution is 7.92. The molecule has 1 unspecified atom stereocenters. The Morgan fingerprint density at radius 2 is 1.65 bits per heavy atom. The fourth-order valence-corrected chi connectivity index (χ4v) is 3.90. The number of hydrogen-bond donors (Lipinski definition) is 1. The van der Waals surface area contributed by atoms with E-state index in [1.165, 1.54) is 13.0 Å². The molecule has 0 saturated heterocycles. The number of sulfone groups is 1. The minimum absolute atomic E-state index is 0.197. The third kappa shape index (κ3) is 3.62. The number of anilines is 1. The van der Waals surface area contributed by atoms with E-state index in [0.29, 0.717) is 11.3 Å². The van der Waals surface area contributed by atoms with Crippen molar-refractivity contribution < 1.29 is 13.2 Å². The monoisotopic (exact) mass is 331 g/mol. The van der Waals surface area contributed by atoms with Crippen LogP contribution in [0.25, 0.3) is 0 Å². The van der Waals surface area contributed by atoms with Crippen LogP contribution < -0.4 is 5.32 Å². The van der Waals surface area contributed by atoms with Gasteiger partial charge < -0.3 is 5.32 Å². The Labute approximate surface area is 137 Å². The van der Waals surface area contributed by atoms with Crippen LogP contribution in [0, 0.1) is 20.8 Å². The first-order valence-corrected chi connectivity index (χ1v) is 8.96. The number of rotatable bonds is 4. The van der Waals surface area contributed by atoms with E-state index in [-0.39, 0.29) is 4.90 Å². The number of hydrogen-bond acceptors (Lipinski definition) is 3. The highest BCUT2D eigenvalue weighted by Crippen LogP contribution is 2.22. The van der Waals surface area contributed by atoms with Crippen LogP contribution in [0.2, 0.25) is 0 Å². The summed E-state index contributed by atoms with van der Waals surface area (Å²) in [7, 11) is -3.72. The molecule has 4 nitrogen and oxygen atoms in total. The van der Waals surface area contributed by atoms with E-state index in [1.807, 2.05) is 26.0 Å². The number of benzene rings is 2. The molecule has 0 aliphatic rings. The van der Waals surface area contributed by atoms with E-state index in [2.05, 4.69) is 5.32 Å². The van der Waals surface area contributed by atoms with Crippen molar-refractivity contribution in [2.24, 2.45) is 0 Å². The van der Waals surface area contributed by atoms with Crippen molar-refractivity contribution in [2.75, 3.05) is 5.32 Å². The predicted molar refractivity (Wildman–Crippen MR) is 92.4 cm³/mol. The molecule has 1 N–H and O–H groups in total. The van der Waals surface area contributed by atoms with Crippen molar-refractivity contribution >= 4 is 21.4 Å². The average Bonchev–Trinajstić information content (AvgIpc) is 2.49. The van der Waals surface area contributed by atoms with Gasteiger partial charge in [0.05, 0.1) is 4.90 Å². The number of aryl methyl sites for hydroxylation is 3. The molecule has 23 heavy (non-hydrogen) atoms. The second-order valence-corrected chi connectivity index (χ2v) is 8.00. The summed E-state index contributed by atoms with van der Waals surface area (Å²) in [6.07, 6.45) is 0. The number of amides is 1. The third-order valence-corrected chi connectivity index (χ3v) is 6.09. The first-order valence-electron chi connectivity index (χ1n) is 7.41. The minimum atomic E-state index is -3.72. The van der Waals surface area contributed by atoms with E-state index in [9.17, 15) is 13.2 Å². The van der Waals surface area contributed by atoms with Crippen LogP contribution in [0.4, 0.5) is 5.69 Å². The summed E-state index contributed by atoms with van der Waals surface area (Å²) >= 11 is 0. The van der Waals surface area contributed by atoms with Crippen LogP contribution in [0.5, 0.6) is 0 Å².